The number of carbonyl (C=O) groups is 1. The third-order valence-corrected chi connectivity index (χ3v) is 4.25. The Morgan fingerprint density at radius 3 is 3.10 bits per heavy atom. The summed E-state index contributed by atoms with van der Waals surface area (Å²) < 4.78 is 6.03. The van der Waals surface area contributed by atoms with E-state index in [1.165, 1.54) is 23.1 Å². The minimum absolute atomic E-state index is 0.0917. The normalized spacial score (nSPS) is 10.2. The smallest absolute Gasteiger partial charge is 0.225 e. The van der Waals surface area contributed by atoms with E-state index in [0.29, 0.717) is 29.3 Å². The van der Waals surface area contributed by atoms with Gasteiger partial charge in [-0.05, 0) is 18.2 Å². The van der Waals surface area contributed by atoms with Crippen molar-refractivity contribution in [1.29, 1.82) is 0 Å². The standard InChI is InChI=1S/C12H14N4O2S2/c1-18-10-3-2-8(13)6-9(10)15-11(17)4-5-19-12-16-14-7-20-12/h2-3,6-7H,4-5,13H2,1H3,(H,15,17). The second-order valence-corrected chi connectivity index (χ2v) is 5.99. The van der Waals surface area contributed by atoms with Crippen LogP contribution in [0.1, 0.15) is 6.42 Å². The molecule has 20 heavy (non-hydrogen) atoms. The fourth-order valence-electron chi connectivity index (χ4n) is 1.49. The predicted molar refractivity (Wildman–Crippen MR) is 81.3 cm³/mol. The van der Waals surface area contributed by atoms with Crippen molar-refractivity contribution in [2.45, 2.75) is 10.8 Å². The molecular formula is C12H14N4O2S2. The van der Waals surface area contributed by atoms with Crippen LogP contribution < -0.4 is 15.8 Å². The maximum atomic E-state index is 11.9. The van der Waals surface area contributed by atoms with Crippen LogP contribution in [0.15, 0.2) is 28.0 Å². The van der Waals surface area contributed by atoms with Crippen molar-refractivity contribution < 1.29 is 9.53 Å². The number of hydrogen-bond acceptors (Lipinski definition) is 7. The highest BCUT2D eigenvalue weighted by molar-refractivity contribution is 8.01. The van der Waals surface area contributed by atoms with Gasteiger partial charge >= 0.3 is 0 Å². The van der Waals surface area contributed by atoms with Gasteiger partial charge in [-0.3, -0.25) is 4.79 Å². The summed E-state index contributed by atoms with van der Waals surface area (Å²) >= 11 is 2.97. The van der Waals surface area contributed by atoms with Crippen molar-refractivity contribution in [1.82, 2.24) is 10.2 Å². The molecule has 0 spiro atoms. The van der Waals surface area contributed by atoms with Gasteiger partial charge < -0.3 is 15.8 Å². The molecule has 1 heterocycles. The quantitative estimate of drug-likeness (QED) is 0.628. The Kier molecular flexibility index (Phi) is 5.19. The first kappa shape index (κ1) is 14.6. The number of nitrogens with two attached hydrogens (primary N) is 1. The lowest BCUT2D eigenvalue weighted by Gasteiger charge is -2.10. The van der Waals surface area contributed by atoms with Crippen molar-refractivity contribution >= 4 is 40.4 Å². The summed E-state index contributed by atoms with van der Waals surface area (Å²) in [5.41, 5.74) is 8.52. The van der Waals surface area contributed by atoms with Gasteiger partial charge in [-0.25, -0.2) is 0 Å². The number of rotatable bonds is 6. The van der Waals surface area contributed by atoms with Crippen LogP contribution in [0.2, 0.25) is 0 Å². The number of nitrogens with one attached hydrogen (secondary N) is 1. The number of anilines is 2. The number of ether oxygens (including phenoxy) is 1. The molecule has 0 fully saturated rings. The largest absolute Gasteiger partial charge is 0.495 e. The van der Waals surface area contributed by atoms with Crippen molar-refractivity contribution in [2.75, 3.05) is 23.9 Å². The van der Waals surface area contributed by atoms with Crippen molar-refractivity contribution in [3.8, 4) is 5.75 Å². The van der Waals surface area contributed by atoms with Gasteiger partial charge in [0.25, 0.3) is 0 Å². The molecule has 2 aromatic rings. The molecule has 1 amide bonds. The fraction of sp³-hybridized carbons (Fsp3) is 0.250. The number of aromatic nitrogens is 2. The number of nitrogens with zero attached hydrogens (tertiary/aromatic N) is 2. The lowest BCUT2D eigenvalue weighted by atomic mass is 10.2. The Bertz CT molecular complexity index is 575. The number of methoxy groups -OCH3 is 1. The van der Waals surface area contributed by atoms with Crippen LogP contribution in [0.5, 0.6) is 5.75 Å². The molecule has 0 aliphatic carbocycles. The van der Waals surface area contributed by atoms with Gasteiger partial charge in [0, 0.05) is 17.9 Å². The molecule has 0 aliphatic heterocycles. The van der Waals surface area contributed by atoms with Gasteiger partial charge in [-0.15, -0.1) is 10.2 Å². The molecule has 0 aliphatic rings. The summed E-state index contributed by atoms with van der Waals surface area (Å²) in [6, 6.07) is 5.12. The molecule has 106 valence electrons. The third-order valence-electron chi connectivity index (χ3n) is 2.39. The number of benzene rings is 1. The average Bonchev–Trinajstić information content (AvgIpc) is 2.92. The van der Waals surface area contributed by atoms with E-state index in [2.05, 4.69) is 15.5 Å². The van der Waals surface area contributed by atoms with Crippen molar-refractivity contribution in [2.24, 2.45) is 0 Å². The van der Waals surface area contributed by atoms with E-state index in [0.717, 1.165) is 4.34 Å². The molecule has 0 atom stereocenters. The van der Waals surface area contributed by atoms with Crippen LogP contribution in [0.4, 0.5) is 11.4 Å². The minimum atomic E-state index is -0.0917. The van der Waals surface area contributed by atoms with E-state index >= 15 is 0 Å². The fourth-order valence-corrected chi connectivity index (χ4v) is 2.99. The summed E-state index contributed by atoms with van der Waals surface area (Å²) in [7, 11) is 1.55. The Hall–Kier alpha value is -1.80. The highest BCUT2D eigenvalue weighted by Crippen LogP contribution is 2.27. The molecule has 0 radical (unpaired) electrons. The molecule has 3 N–H and O–H groups in total. The molecule has 0 unspecified atom stereocenters. The number of amides is 1. The molecule has 0 saturated heterocycles. The van der Waals surface area contributed by atoms with Crippen LogP contribution in [0, 0.1) is 0 Å². The molecule has 8 heteroatoms. The highest BCUT2D eigenvalue weighted by Gasteiger charge is 2.08. The van der Waals surface area contributed by atoms with Crippen LogP contribution in [0.25, 0.3) is 0 Å². The van der Waals surface area contributed by atoms with Gasteiger partial charge in [-0.2, -0.15) is 0 Å². The Morgan fingerprint density at radius 1 is 1.55 bits per heavy atom. The highest BCUT2D eigenvalue weighted by atomic mass is 32.2. The first-order valence-electron chi connectivity index (χ1n) is 5.81. The first-order chi connectivity index (χ1) is 9.69. The summed E-state index contributed by atoms with van der Waals surface area (Å²) in [6.45, 7) is 0. The van der Waals surface area contributed by atoms with Crippen LogP contribution in [-0.2, 0) is 4.79 Å². The molecule has 0 saturated carbocycles. The summed E-state index contributed by atoms with van der Waals surface area (Å²) in [5, 5.41) is 10.4. The second kappa shape index (κ2) is 7.11. The van der Waals surface area contributed by atoms with Gasteiger partial charge in [-0.1, -0.05) is 23.1 Å². The minimum Gasteiger partial charge on any atom is -0.495 e. The zero-order valence-corrected chi connectivity index (χ0v) is 12.5. The lowest BCUT2D eigenvalue weighted by Crippen LogP contribution is -2.13. The predicted octanol–water partition coefficient (Wildman–Crippen LogP) is 2.25. The van der Waals surface area contributed by atoms with E-state index in [1.54, 1.807) is 30.8 Å². The van der Waals surface area contributed by atoms with E-state index in [4.69, 9.17) is 10.5 Å². The third kappa shape index (κ3) is 4.10. The Labute approximate surface area is 124 Å². The van der Waals surface area contributed by atoms with Gasteiger partial charge in [0.05, 0.1) is 12.8 Å². The van der Waals surface area contributed by atoms with Crippen molar-refractivity contribution in [3.05, 3.63) is 23.7 Å². The molecule has 2 rings (SSSR count). The number of nitrogen functional groups attached to an aromatic ring is 1. The van der Waals surface area contributed by atoms with E-state index in [9.17, 15) is 4.79 Å². The number of thioether (sulfide) groups is 1. The first-order valence-corrected chi connectivity index (χ1v) is 7.68. The van der Waals surface area contributed by atoms with E-state index in [1.807, 2.05) is 0 Å². The topological polar surface area (TPSA) is 90.1 Å². The van der Waals surface area contributed by atoms with Gasteiger partial charge in [0.1, 0.15) is 11.3 Å². The van der Waals surface area contributed by atoms with Crippen LogP contribution >= 0.6 is 23.1 Å². The lowest BCUT2D eigenvalue weighted by molar-refractivity contribution is -0.115. The Morgan fingerprint density at radius 2 is 2.40 bits per heavy atom. The maximum Gasteiger partial charge on any atom is 0.225 e. The molecule has 1 aromatic heterocycles. The van der Waals surface area contributed by atoms with Gasteiger partial charge in [0.15, 0.2) is 4.34 Å². The van der Waals surface area contributed by atoms with E-state index in [-0.39, 0.29) is 5.91 Å². The molecule has 1 aromatic carbocycles. The zero-order valence-electron chi connectivity index (χ0n) is 10.8. The number of hydrogen-bond donors (Lipinski definition) is 2. The summed E-state index contributed by atoms with van der Waals surface area (Å²) in [5.74, 6) is 1.14. The Balaban J connectivity index is 1.86. The summed E-state index contributed by atoms with van der Waals surface area (Å²) in [6.07, 6.45) is 0.377. The molecule has 6 nitrogen and oxygen atoms in total. The summed E-state index contributed by atoms with van der Waals surface area (Å²) in [4.78, 5) is 11.9. The van der Waals surface area contributed by atoms with Gasteiger partial charge in [0.2, 0.25) is 5.91 Å². The zero-order chi connectivity index (χ0) is 14.4. The van der Waals surface area contributed by atoms with Crippen LogP contribution in [-0.4, -0.2) is 29.0 Å². The van der Waals surface area contributed by atoms with E-state index < -0.39 is 0 Å². The second-order valence-electron chi connectivity index (χ2n) is 3.81. The van der Waals surface area contributed by atoms with Crippen molar-refractivity contribution in [3.63, 3.8) is 0 Å². The molecule has 0 bridgehead atoms. The average molecular weight is 310 g/mol. The SMILES string of the molecule is COc1ccc(N)cc1NC(=O)CCSc1nncs1. The monoisotopic (exact) mass is 310 g/mol. The molecular weight excluding hydrogens is 296 g/mol. The maximum absolute atomic E-state index is 11.9. The van der Waals surface area contributed by atoms with Crippen LogP contribution in [0.3, 0.4) is 0 Å². The number of carbonyl (C=O) groups excluding carboxylic acids is 1.